The van der Waals surface area contributed by atoms with Gasteiger partial charge in [0.05, 0.1) is 6.61 Å². The lowest BCUT2D eigenvalue weighted by molar-refractivity contribution is -0.0110. The summed E-state index contributed by atoms with van der Waals surface area (Å²) in [4.78, 5) is 5.07. The fourth-order valence-corrected chi connectivity index (χ4v) is 1.38. The fraction of sp³-hybridized carbons (Fsp3) is 0.0714. The molecule has 2 radical (unpaired) electrons. The van der Waals surface area contributed by atoms with Gasteiger partial charge in [-0.15, -0.1) is 0 Å². The first-order valence-corrected chi connectivity index (χ1v) is 5.34. The van der Waals surface area contributed by atoms with Crippen molar-refractivity contribution < 1.29 is 9.94 Å². The zero-order chi connectivity index (χ0) is 11.9. The van der Waals surface area contributed by atoms with Gasteiger partial charge in [0.15, 0.2) is 0 Å². The van der Waals surface area contributed by atoms with E-state index in [0.29, 0.717) is 12.2 Å². The summed E-state index contributed by atoms with van der Waals surface area (Å²) in [6.07, 6.45) is -0.110. The van der Waals surface area contributed by atoms with Gasteiger partial charge < -0.3 is 5.11 Å². The molecular weight excluding hydrogens is 214 g/mol. The summed E-state index contributed by atoms with van der Waals surface area (Å²) in [5.74, 6) is 0. The number of aliphatic hydroxyl groups excluding tert-OH is 1. The molecule has 0 atom stereocenters. The minimum Gasteiger partial charge on any atom is -0.365 e. The number of hydrogen-bond acceptors (Lipinski definition) is 2. The average molecular weight is 227 g/mol. The van der Waals surface area contributed by atoms with Gasteiger partial charge in [0.1, 0.15) is 0 Å². The molecule has 2 aromatic rings. The summed E-state index contributed by atoms with van der Waals surface area (Å²) in [5.41, 5.74) is 5.31. The third-order valence-electron chi connectivity index (χ3n) is 2.26. The molecule has 0 spiro atoms. The number of benzene rings is 2. The molecule has 1 N–H and O–H groups in total. The van der Waals surface area contributed by atoms with E-state index < -0.39 is 0 Å². The molecule has 0 aliphatic rings. The Morgan fingerprint density at radius 1 is 0.941 bits per heavy atom. The lowest BCUT2D eigenvalue weighted by atomic mass is 10.2. The molecule has 3 heteroatoms. The number of hydrogen-bond donors (Lipinski definition) is 1. The normalized spacial score (nSPS) is 10.7. The molecule has 0 saturated carbocycles. The van der Waals surface area contributed by atoms with Crippen LogP contribution >= 0.6 is 0 Å². The van der Waals surface area contributed by atoms with Crippen molar-refractivity contribution >= 4 is 0 Å². The Kier molecular flexibility index (Phi) is 4.27. The Labute approximate surface area is 101 Å². The highest BCUT2D eigenvalue weighted by atomic mass is 16.7. The quantitative estimate of drug-likeness (QED) is 0.798. The summed E-state index contributed by atoms with van der Waals surface area (Å²) >= 11 is 0. The molecular formula is C14H13NO2. The second-order valence-corrected chi connectivity index (χ2v) is 3.54. The maximum Gasteiger partial charge on any atom is 0.236 e. The van der Waals surface area contributed by atoms with E-state index in [1.165, 1.54) is 0 Å². The molecule has 0 aliphatic heterocycles. The van der Waals surface area contributed by atoms with E-state index >= 15 is 0 Å². The van der Waals surface area contributed by atoms with E-state index in [2.05, 4.69) is 5.48 Å². The van der Waals surface area contributed by atoms with E-state index in [9.17, 15) is 5.11 Å². The number of hydroxylamine groups is 1. The summed E-state index contributed by atoms with van der Waals surface area (Å²) in [5, 5.41) is 9.62. The first kappa shape index (κ1) is 11.8. The maximum absolute atomic E-state index is 9.62. The molecule has 0 fully saturated rings. The Hall–Kier alpha value is -1.68. The van der Waals surface area contributed by atoms with Gasteiger partial charge in [0.25, 0.3) is 0 Å². The standard InChI is InChI=1S/C14H13NO2/c16-14(13-9-5-2-6-10-13)15-17-11-12-7-3-1-4-8-12/h1-10,16H,11H2. The third-order valence-corrected chi connectivity index (χ3v) is 2.26. The molecule has 0 saturated heterocycles. The lowest BCUT2D eigenvalue weighted by Crippen LogP contribution is -2.14. The van der Waals surface area contributed by atoms with Gasteiger partial charge in [-0.2, -0.15) is 0 Å². The first-order chi connectivity index (χ1) is 8.36. The van der Waals surface area contributed by atoms with Crippen LogP contribution in [0.2, 0.25) is 0 Å². The van der Waals surface area contributed by atoms with Crippen LogP contribution in [0.15, 0.2) is 60.7 Å². The minimum atomic E-state index is -0.110. The van der Waals surface area contributed by atoms with Crippen molar-refractivity contribution in [3.63, 3.8) is 0 Å². The highest BCUT2D eigenvalue weighted by molar-refractivity contribution is 5.24. The topological polar surface area (TPSA) is 43.6 Å². The van der Waals surface area contributed by atoms with Gasteiger partial charge in [0, 0.05) is 5.56 Å². The van der Waals surface area contributed by atoms with E-state index in [1.54, 1.807) is 12.1 Å². The summed E-state index contributed by atoms with van der Waals surface area (Å²) in [7, 11) is 0. The molecule has 0 unspecified atom stereocenters. The van der Waals surface area contributed by atoms with Crippen LogP contribution in [0.25, 0.3) is 0 Å². The second kappa shape index (κ2) is 6.15. The van der Waals surface area contributed by atoms with Crippen LogP contribution in [0.1, 0.15) is 11.1 Å². The Morgan fingerprint density at radius 2 is 1.53 bits per heavy atom. The van der Waals surface area contributed by atoms with Crippen LogP contribution in [0.3, 0.4) is 0 Å². The van der Waals surface area contributed by atoms with Gasteiger partial charge in [-0.1, -0.05) is 66.1 Å². The predicted molar refractivity (Wildman–Crippen MR) is 64.1 cm³/mol. The van der Waals surface area contributed by atoms with Crippen LogP contribution in [0.4, 0.5) is 0 Å². The van der Waals surface area contributed by atoms with Gasteiger partial charge in [-0.3, -0.25) is 4.84 Å². The summed E-state index contributed by atoms with van der Waals surface area (Å²) in [6, 6.07) is 18.8. The van der Waals surface area contributed by atoms with Crippen molar-refractivity contribution in [2.45, 2.75) is 6.61 Å². The van der Waals surface area contributed by atoms with E-state index in [1.807, 2.05) is 48.5 Å². The van der Waals surface area contributed by atoms with Gasteiger partial charge in [-0.25, -0.2) is 0 Å². The Morgan fingerprint density at radius 3 is 2.18 bits per heavy atom. The molecule has 2 aromatic carbocycles. The average Bonchev–Trinajstić information content (AvgIpc) is 2.41. The monoisotopic (exact) mass is 227 g/mol. The van der Waals surface area contributed by atoms with E-state index in [4.69, 9.17) is 4.84 Å². The molecule has 0 amide bonds. The Bertz CT molecular complexity index is 430. The highest BCUT2D eigenvalue weighted by Gasteiger charge is 2.09. The van der Waals surface area contributed by atoms with Crippen molar-refractivity contribution in [3.8, 4) is 0 Å². The molecule has 0 bridgehead atoms. The number of nitrogens with zero attached hydrogens (tertiary/aromatic N) is 1. The van der Waals surface area contributed by atoms with Crippen molar-refractivity contribution in [3.05, 3.63) is 78.0 Å². The highest BCUT2D eigenvalue weighted by Crippen LogP contribution is 2.09. The molecule has 0 aromatic heterocycles. The molecule has 3 nitrogen and oxygen atoms in total. The van der Waals surface area contributed by atoms with Crippen LogP contribution < -0.4 is 5.48 Å². The van der Waals surface area contributed by atoms with Crippen LogP contribution in [-0.2, 0) is 11.4 Å². The minimum absolute atomic E-state index is 0.110. The van der Waals surface area contributed by atoms with Gasteiger partial charge in [-0.05, 0) is 5.56 Å². The zero-order valence-electron chi connectivity index (χ0n) is 9.28. The van der Waals surface area contributed by atoms with Crippen molar-refractivity contribution in [2.24, 2.45) is 0 Å². The predicted octanol–water partition coefficient (Wildman–Crippen LogP) is 2.63. The Balaban J connectivity index is 1.79. The third kappa shape index (κ3) is 3.67. The van der Waals surface area contributed by atoms with Crippen molar-refractivity contribution in [1.82, 2.24) is 5.48 Å². The molecule has 0 aliphatic carbocycles. The fourth-order valence-electron chi connectivity index (χ4n) is 1.38. The van der Waals surface area contributed by atoms with E-state index in [-0.39, 0.29) is 6.23 Å². The van der Waals surface area contributed by atoms with Crippen LogP contribution in [-0.4, -0.2) is 5.11 Å². The lowest BCUT2D eigenvalue weighted by Gasteiger charge is -2.08. The summed E-state index contributed by atoms with van der Waals surface area (Å²) < 4.78 is 0. The van der Waals surface area contributed by atoms with Crippen molar-refractivity contribution in [2.75, 3.05) is 0 Å². The van der Waals surface area contributed by atoms with Gasteiger partial charge >= 0.3 is 0 Å². The maximum atomic E-state index is 9.62. The van der Waals surface area contributed by atoms with Crippen molar-refractivity contribution in [1.29, 1.82) is 0 Å². The van der Waals surface area contributed by atoms with Crippen LogP contribution in [0, 0.1) is 6.23 Å². The smallest absolute Gasteiger partial charge is 0.236 e. The molecule has 0 heterocycles. The number of aliphatic hydroxyl groups is 1. The van der Waals surface area contributed by atoms with Crippen LogP contribution in [0.5, 0.6) is 0 Å². The summed E-state index contributed by atoms with van der Waals surface area (Å²) in [6.45, 7) is 0.345. The molecule has 86 valence electrons. The largest absolute Gasteiger partial charge is 0.365 e. The second-order valence-electron chi connectivity index (χ2n) is 3.54. The SMILES string of the molecule is O[C]([N]OCc1ccccc1)c1ccccc1. The van der Waals surface area contributed by atoms with Gasteiger partial charge in [0.2, 0.25) is 6.23 Å². The number of rotatable bonds is 5. The first-order valence-electron chi connectivity index (χ1n) is 5.34. The molecule has 2 rings (SSSR count). The zero-order valence-corrected chi connectivity index (χ0v) is 9.28. The molecule has 17 heavy (non-hydrogen) atoms. The van der Waals surface area contributed by atoms with E-state index in [0.717, 1.165) is 5.56 Å².